The Morgan fingerprint density at radius 2 is 2.08 bits per heavy atom. The first kappa shape index (κ1) is 16.3. The van der Waals surface area contributed by atoms with Gasteiger partial charge in [-0.05, 0) is 68.2 Å². The molecule has 25 heavy (non-hydrogen) atoms. The summed E-state index contributed by atoms with van der Waals surface area (Å²) in [6.07, 6.45) is 5.59. The highest BCUT2D eigenvalue weighted by Crippen LogP contribution is 2.49. The standard InChI is InChI=1S/C20H22FNO3/c1-12-18(22-25-20(12)14-4-6-17(21)7-5-14)11-24-19(23)10-16-9-13-2-3-15(16)8-13/h4-7,13,15-16H,2-3,8-11H2,1H3/t13-,15-,16-/m1/s1. The number of benzene rings is 1. The normalized spacial score (nSPS) is 24.6. The number of rotatable bonds is 5. The van der Waals surface area contributed by atoms with Crippen molar-refractivity contribution in [1.82, 2.24) is 5.16 Å². The van der Waals surface area contributed by atoms with Crippen LogP contribution in [0.25, 0.3) is 11.3 Å². The summed E-state index contributed by atoms with van der Waals surface area (Å²) in [6.45, 7) is 1.99. The fraction of sp³-hybridized carbons (Fsp3) is 0.500. The number of aromatic nitrogens is 1. The molecule has 2 saturated carbocycles. The molecule has 0 aliphatic heterocycles. The van der Waals surface area contributed by atoms with Crippen molar-refractivity contribution >= 4 is 5.97 Å². The Labute approximate surface area is 146 Å². The van der Waals surface area contributed by atoms with Crippen LogP contribution in [-0.4, -0.2) is 11.1 Å². The summed E-state index contributed by atoms with van der Waals surface area (Å²) < 4.78 is 23.8. The van der Waals surface area contributed by atoms with Gasteiger partial charge in [0.05, 0.1) is 0 Å². The number of hydrogen-bond acceptors (Lipinski definition) is 4. The fourth-order valence-electron chi connectivity index (χ4n) is 4.42. The second-order valence-electron chi connectivity index (χ2n) is 7.39. The highest BCUT2D eigenvalue weighted by Gasteiger charge is 2.40. The summed E-state index contributed by atoms with van der Waals surface area (Å²) in [6, 6.07) is 6.06. The van der Waals surface area contributed by atoms with Crippen LogP contribution in [0.15, 0.2) is 28.8 Å². The molecule has 1 aromatic heterocycles. The number of nitrogens with zero attached hydrogens (tertiary/aromatic N) is 1. The molecule has 4 nitrogen and oxygen atoms in total. The zero-order chi connectivity index (χ0) is 17.4. The van der Waals surface area contributed by atoms with E-state index in [2.05, 4.69) is 5.16 Å². The maximum Gasteiger partial charge on any atom is 0.306 e. The topological polar surface area (TPSA) is 52.3 Å². The Morgan fingerprint density at radius 1 is 1.28 bits per heavy atom. The van der Waals surface area contributed by atoms with Gasteiger partial charge >= 0.3 is 5.97 Å². The van der Waals surface area contributed by atoms with E-state index >= 15 is 0 Å². The van der Waals surface area contributed by atoms with Gasteiger partial charge in [-0.3, -0.25) is 4.79 Å². The summed E-state index contributed by atoms with van der Waals surface area (Å²) in [5, 5.41) is 4.01. The Hall–Kier alpha value is -2.17. The highest BCUT2D eigenvalue weighted by atomic mass is 19.1. The Morgan fingerprint density at radius 3 is 2.76 bits per heavy atom. The Bertz CT molecular complexity index is 768. The number of halogens is 1. The van der Waals surface area contributed by atoms with Crippen LogP contribution in [0, 0.1) is 30.5 Å². The van der Waals surface area contributed by atoms with Crippen LogP contribution in [-0.2, 0) is 16.1 Å². The van der Waals surface area contributed by atoms with Crippen molar-refractivity contribution < 1.29 is 18.4 Å². The highest BCUT2D eigenvalue weighted by molar-refractivity contribution is 5.70. The van der Waals surface area contributed by atoms with Crippen molar-refractivity contribution in [1.29, 1.82) is 0 Å². The fourth-order valence-corrected chi connectivity index (χ4v) is 4.42. The van der Waals surface area contributed by atoms with Crippen LogP contribution in [0.5, 0.6) is 0 Å². The molecule has 0 amide bonds. The van der Waals surface area contributed by atoms with E-state index in [1.165, 1.54) is 37.8 Å². The van der Waals surface area contributed by atoms with Crippen LogP contribution < -0.4 is 0 Å². The van der Waals surface area contributed by atoms with Gasteiger partial charge < -0.3 is 9.26 Å². The molecule has 3 atom stereocenters. The first-order valence-electron chi connectivity index (χ1n) is 8.97. The lowest BCUT2D eigenvalue weighted by molar-refractivity contribution is -0.146. The molecule has 5 heteroatoms. The van der Waals surface area contributed by atoms with E-state index < -0.39 is 0 Å². The minimum Gasteiger partial charge on any atom is -0.459 e. The molecule has 1 heterocycles. The molecule has 2 aliphatic rings. The number of fused-ring (bicyclic) bond motifs is 2. The number of carbonyl (C=O) groups is 1. The number of esters is 1. The van der Waals surface area contributed by atoms with Gasteiger partial charge in [0.25, 0.3) is 0 Å². The number of ether oxygens (including phenoxy) is 1. The van der Waals surface area contributed by atoms with E-state index in [9.17, 15) is 9.18 Å². The van der Waals surface area contributed by atoms with E-state index in [-0.39, 0.29) is 18.4 Å². The minimum absolute atomic E-state index is 0.121. The molecule has 0 spiro atoms. The van der Waals surface area contributed by atoms with Gasteiger partial charge in [-0.2, -0.15) is 0 Å². The van der Waals surface area contributed by atoms with Crippen LogP contribution in [0.3, 0.4) is 0 Å². The molecular formula is C20H22FNO3. The molecule has 0 unspecified atom stereocenters. The number of carbonyl (C=O) groups excluding carboxylic acids is 1. The zero-order valence-electron chi connectivity index (χ0n) is 14.3. The first-order chi connectivity index (χ1) is 12.1. The largest absolute Gasteiger partial charge is 0.459 e. The van der Waals surface area contributed by atoms with Crippen LogP contribution in [0.2, 0.25) is 0 Å². The summed E-state index contributed by atoms with van der Waals surface area (Å²) in [4.78, 5) is 12.2. The molecule has 0 saturated heterocycles. The van der Waals surface area contributed by atoms with Gasteiger partial charge in [-0.25, -0.2) is 4.39 Å². The Kier molecular flexibility index (Phi) is 4.32. The minimum atomic E-state index is -0.296. The predicted molar refractivity (Wildman–Crippen MR) is 90.0 cm³/mol. The molecule has 2 fully saturated rings. The summed E-state index contributed by atoms with van der Waals surface area (Å²) in [5.41, 5.74) is 2.19. The van der Waals surface area contributed by atoms with Gasteiger partial charge in [-0.15, -0.1) is 0 Å². The van der Waals surface area contributed by atoms with E-state index in [1.807, 2.05) is 6.92 Å². The molecule has 2 bridgehead atoms. The SMILES string of the molecule is Cc1c(COC(=O)C[C@H]2C[C@@H]3CC[C@@H]2C3)noc1-c1ccc(F)cc1. The van der Waals surface area contributed by atoms with Gasteiger partial charge in [0, 0.05) is 17.5 Å². The van der Waals surface area contributed by atoms with E-state index in [1.54, 1.807) is 12.1 Å². The van der Waals surface area contributed by atoms with Crippen molar-refractivity contribution in [2.75, 3.05) is 0 Å². The second kappa shape index (κ2) is 6.62. The summed E-state index contributed by atoms with van der Waals surface area (Å²) in [7, 11) is 0. The molecule has 4 rings (SSSR count). The van der Waals surface area contributed by atoms with Crippen molar-refractivity contribution in [2.24, 2.45) is 17.8 Å². The molecule has 2 aliphatic carbocycles. The third kappa shape index (κ3) is 3.32. The second-order valence-corrected chi connectivity index (χ2v) is 7.39. The molecule has 0 radical (unpaired) electrons. The average Bonchev–Trinajstić information content (AvgIpc) is 3.30. The third-order valence-electron chi connectivity index (χ3n) is 5.81. The van der Waals surface area contributed by atoms with E-state index in [4.69, 9.17) is 9.26 Å². The van der Waals surface area contributed by atoms with Gasteiger partial charge in [0.15, 0.2) is 5.76 Å². The first-order valence-corrected chi connectivity index (χ1v) is 8.97. The van der Waals surface area contributed by atoms with E-state index in [0.717, 1.165) is 23.0 Å². The molecule has 1 aromatic carbocycles. The van der Waals surface area contributed by atoms with Gasteiger partial charge in [0.2, 0.25) is 0 Å². The van der Waals surface area contributed by atoms with Crippen molar-refractivity contribution in [3.8, 4) is 11.3 Å². The third-order valence-corrected chi connectivity index (χ3v) is 5.81. The van der Waals surface area contributed by atoms with Crippen LogP contribution >= 0.6 is 0 Å². The maximum atomic E-state index is 13.0. The molecule has 0 N–H and O–H groups in total. The van der Waals surface area contributed by atoms with E-state index in [0.29, 0.717) is 23.8 Å². The molecule has 2 aromatic rings. The quantitative estimate of drug-likeness (QED) is 0.741. The molecule has 132 valence electrons. The maximum absolute atomic E-state index is 13.0. The lowest BCUT2D eigenvalue weighted by Crippen LogP contribution is -2.17. The lowest BCUT2D eigenvalue weighted by atomic mass is 9.86. The van der Waals surface area contributed by atoms with Crippen molar-refractivity contribution in [3.05, 3.63) is 41.3 Å². The zero-order valence-corrected chi connectivity index (χ0v) is 14.3. The van der Waals surface area contributed by atoms with Gasteiger partial charge in [0.1, 0.15) is 18.1 Å². The smallest absolute Gasteiger partial charge is 0.306 e. The van der Waals surface area contributed by atoms with Crippen molar-refractivity contribution in [3.63, 3.8) is 0 Å². The number of hydrogen-bond donors (Lipinski definition) is 0. The summed E-state index contributed by atoms with van der Waals surface area (Å²) >= 11 is 0. The predicted octanol–water partition coefficient (Wildman–Crippen LogP) is 4.66. The van der Waals surface area contributed by atoms with Crippen LogP contribution in [0.1, 0.15) is 43.4 Å². The molecular weight excluding hydrogens is 321 g/mol. The summed E-state index contributed by atoms with van der Waals surface area (Å²) in [5.74, 6) is 2.19. The van der Waals surface area contributed by atoms with Crippen LogP contribution in [0.4, 0.5) is 4.39 Å². The van der Waals surface area contributed by atoms with Crippen molar-refractivity contribution in [2.45, 2.75) is 45.6 Å². The van der Waals surface area contributed by atoms with Gasteiger partial charge in [-0.1, -0.05) is 11.6 Å². The monoisotopic (exact) mass is 343 g/mol. The lowest BCUT2D eigenvalue weighted by Gasteiger charge is -2.20. The Balaban J connectivity index is 1.35. The average molecular weight is 343 g/mol.